The molecule has 0 saturated carbocycles. The molecule has 37 heavy (non-hydrogen) atoms. The fraction of sp³-hybridized carbons (Fsp3) is 0.185. The van der Waals surface area contributed by atoms with Crippen LogP contribution in [0, 0.1) is 6.92 Å². The lowest BCUT2D eigenvalue weighted by Gasteiger charge is -2.30. The predicted molar refractivity (Wildman–Crippen MR) is 147 cm³/mol. The Hall–Kier alpha value is -3.89. The number of aryl methyl sites for hydroxylation is 2. The van der Waals surface area contributed by atoms with Crippen LogP contribution in [0.25, 0.3) is 21.7 Å². The minimum absolute atomic E-state index is 0.00624. The van der Waals surface area contributed by atoms with Crippen molar-refractivity contribution < 1.29 is 13.2 Å². The summed E-state index contributed by atoms with van der Waals surface area (Å²) in [6.07, 6.45) is 4.73. The summed E-state index contributed by atoms with van der Waals surface area (Å²) < 4.78 is 35.5. The van der Waals surface area contributed by atoms with Gasteiger partial charge in [-0.2, -0.15) is 0 Å². The standard InChI is InChI=1S/C27H25N3O5S2/c1-4-9-22(35-3)23-17(2)36-25-24(23)28-27(32)30(26(25)31)19-12-7-13-20(16-19)37(33,34)29-15-8-11-18-10-5-6-14-21(18)29/h4-7,9-10,12-14,16H,1,8,11,15H2,2-3H3,(H,28,32)/b22-9+. The van der Waals surface area contributed by atoms with Gasteiger partial charge in [0.1, 0.15) is 10.5 Å². The van der Waals surface area contributed by atoms with E-state index in [1.807, 2.05) is 25.1 Å². The third-order valence-electron chi connectivity index (χ3n) is 6.38. The van der Waals surface area contributed by atoms with E-state index >= 15 is 0 Å². The normalized spacial score (nSPS) is 14.0. The molecule has 0 spiro atoms. The van der Waals surface area contributed by atoms with E-state index in [0.29, 0.717) is 40.2 Å². The van der Waals surface area contributed by atoms with E-state index in [-0.39, 0.29) is 10.6 Å². The van der Waals surface area contributed by atoms with Gasteiger partial charge in [0.25, 0.3) is 15.6 Å². The number of methoxy groups -OCH3 is 1. The number of allylic oxidation sites excluding steroid dienone is 2. The zero-order valence-corrected chi connectivity index (χ0v) is 22.0. The highest BCUT2D eigenvalue weighted by molar-refractivity contribution is 7.92. The minimum Gasteiger partial charge on any atom is -0.496 e. The van der Waals surface area contributed by atoms with Crippen molar-refractivity contribution in [2.75, 3.05) is 18.0 Å². The summed E-state index contributed by atoms with van der Waals surface area (Å²) in [6, 6.07) is 13.4. The zero-order chi connectivity index (χ0) is 26.3. The number of benzene rings is 2. The van der Waals surface area contributed by atoms with Gasteiger partial charge in [-0.15, -0.1) is 11.3 Å². The second-order valence-electron chi connectivity index (χ2n) is 8.59. The van der Waals surface area contributed by atoms with Gasteiger partial charge in [-0.1, -0.05) is 36.9 Å². The maximum atomic E-state index is 13.7. The number of aromatic amines is 1. The van der Waals surface area contributed by atoms with Crippen molar-refractivity contribution in [1.29, 1.82) is 0 Å². The molecule has 3 heterocycles. The van der Waals surface area contributed by atoms with Crippen LogP contribution < -0.4 is 15.6 Å². The van der Waals surface area contributed by atoms with Gasteiger partial charge in [0.15, 0.2) is 0 Å². The van der Waals surface area contributed by atoms with Crippen molar-refractivity contribution in [2.24, 2.45) is 0 Å². The number of nitrogens with zero attached hydrogens (tertiary/aromatic N) is 2. The van der Waals surface area contributed by atoms with Gasteiger partial charge < -0.3 is 9.72 Å². The third-order valence-corrected chi connectivity index (χ3v) is 9.29. The molecule has 0 fully saturated rings. The lowest BCUT2D eigenvalue weighted by molar-refractivity contribution is 0.370. The molecule has 0 aliphatic carbocycles. The quantitative estimate of drug-likeness (QED) is 0.292. The van der Waals surface area contributed by atoms with E-state index < -0.39 is 21.3 Å². The lowest BCUT2D eigenvalue weighted by Crippen LogP contribution is -2.36. The van der Waals surface area contributed by atoms with E-state index in [1.165, 1.54) is 41.0 Å². The second kappa shape index (κ2) is 9.53. The molecule has 10 heteroatoms. The van der Waals surface area contributed by atoms with Crippen LogP contribution in [0.1, 0.15) is 22.4 Å². The Morgan fingerprint density at radius 2 is 1.95 bits per heavy atom. The number of hydrogen-bond acceptors (Lipinski definition) is 6. The molecule has 2 aromatic heterocycles. The molecule has 0 amide bonds. The summed E-state index contributed by atoms with van der Waals surface area (Å²) in [5.41, 5.74) is 1.56. The summed E-state index contributed by atoms with van der Waals surface area (Å²) in [6.45, 7) is 5.88. The summed E-state index contributed by atoms with van der Waals surface area (Å²) in [5, 5.41) is 0. The molecule has 0 saturated heterocycles. The van der Waals surface area contributed by atoms with Crippen molar-refractivity contribution in [3.05, 3.63) is 104 Å². The first-order chi connectivity index (χ1) is 17.8. The monoisotopic (exact) mass is 535 g/mol. The molecule has 2 aromatic carbocycles. The van der Waals surface area contributed by atoms with E-state index in [4.69, 9.17) is 4.74 Å². The minimum atomic E-state index is -3.92. The zero-order valence-electron chi connectivity index (χ0n) is 20.4. The van der Waals surface area contributed by atoms with Gasteiger partial charge >= 0.3 is 5.69 Å². The number of sulfonamides is 1. The molecular formula is C27H25N3O5S2. The lowest BCUT2D eigenvalue weighted by atomic mass is 10.0. The Bertz CT molecular complexity index is 1790. The first kappa shape index (κ1) is 24.8. The average molecular weight is 536 g/mol. The summed E-state index contributed by atoms with van der Waals surface area (Å²) in [4.78, 5) is 30.3. The van der Waals surface area contributed by atoms with Crippen molar-refractivity contribution in [1.82, 2.24) is 9.55 Å². The third kappa shape index (κ3) is 4.11. The smallest absolute Gasteiger partial charge is 0.333 e. The van der Waals surface area contributed by atoms with E-state index in [1.54, 1.807) is 24.3 Å². The van der Waals surface area contributed by atoms with Crippen LogP contribution >= 0.6 is 11.3 Å². The highest BCUT2D eigenvalue weighted by Gasteiger charge is 2.29. The molecule has 8 nitrogen and oxygen atoms in total. The number of thiophene rings is 1. The summed E-state index contributed by atoms with van der Waals surface area (Å²) >= 11 is 1.23. The molecular weight excluding hydrogens is 510 g/mol. The molecule has 5 rings (SSSR count). The number of rotatable bonds is 6. The van der Waals surface area contributed by atoms with Crippen LogP contribution in [0.2, 0.25) is 0 Å². The Kier molecular flexibility index (Phi) is 6.38. The van der Waals surface area contributed by atoms with Crippen LogP contribution in [0.4, 0.5) is 5.69 Å². The Balaban J connectivity index is 1.65. The van der Waals surface area contributed by atoms with E-state index in [0.717, 1.165) is 21.4 Å². The molecule has 1 aliphatic rings. The number of nitrogens with one attached hydrogen (secondary N) is 1. The molecule has 190 valence electrons. The maximum absolute atomic E-state index is 13.7. The molecule has 1 aliphatic heterocycles. The summed E-state index contributed by atoms with van der Waals surface area (Å²) in [7, 11) is -2.42. The van der Waals surface area contributed by atoms with Crippen molar-refractivity contribution >= 4 is 43.0 Å². The maximum Gasteiger partial charge on any atom is 0.333 e. The number of fused-ring (bicyclic) bond motifs is 2. The molecule has 4 aromatic rings. The average Bonchev–Trinajstić information content (AvgIpc) is 3.22. The number of anilines is 1. The number of H-pyrrole nitrogens is 1. The van der Waals surface area contributed by atoms with Crippen molar-refractivity contribution in [3.63, 3.8) is 0 Å². The van der Waals surface area contributed by atoms with Crippen LogP contribution in [0.3, 0.4) is 0 Å². The van der Waals surface area contributed by atoms with Crippen LogP contribution in [0.15, 0.2) is 81.7 Å². The first-order valence-corrected chi connectivity index (χ1v) is 13.9. The Morgan fingerprint density at radius 1 is 1.16 bits per heavy atom. The van der Waals surface area contributed by atoms with Gasteiger partial charge in [0.05, 0.1) is 34.5 Å². The Labute approximate surface area is 217 Å². The van der Waals surface area contributed by atoms with Crippen LogP contribution in [0.5, 0.6) is 0 Å². The summed E-state index contributed by atoms with van der Waals surface area (Å²) in [5.74, 6) is 0.474. The molecule has 0 bridgehead atoms. The van der Waals surface area contributed by atoms with Gasteiger partial charge in [0, 0.05) is 11.4 Å². The van der Waals surface area contributed by atoms with E-state index in [2.05, 4.69) is 11.6 Å². The van der Waals surface area contributed by atoms with Crippen molar-refractivity contribution in [3.8, 4) is 5.69 Å². The molecule has 0 unspecified atom stereocenters. The SMILES string of the molecule is C=C/C=C(/OC)c1c(C)sc2c(=O)n(-c3cccc(S(=O)(=O)N4CCCc5ccccc54)c3)c(=O)[nH]c12. The van der Waals surface area contributed by atoms with Crippen LogP contribution in [-0.2, 0) is 21.2 Å². The second-order valence-corrected chi connectivity index (χ2v) is 11.7. The van der Waals surface area contributed by atoms with Gasteiger partial charge in [-0.3, -0.25) is 9.10 Å². The highest BCUT2D eigenvalue weighted by Crippen LogP contribution is 2.34. The topological polar surface area (TPSA) is 101 Å². The number of hydrogen-bond donors (Lipinski definition) is 1. The largest absolute Gasteiger partial charge is 0.496 e. The molecule has 1 N–H and O–H groups in total. The number of para-hydroxylation sites is 1. The van der Waals surface area contributed by atoms with Gasteiger partial charge in [-0.05, 0) is 55.7 Å². The molecule has 0 atom stereocenters. The van der Waals surface area contributed by atoms with Crippen molar-refractivity contribution in [2.45, 2.75) is 24.7 Å². The number of aromatic nitrogens is 2. The Morgan fingerprint density at radius 3 is 2.70 bits per heavy atom. The predicted octanol–water partition coefficient (Wildman–Crippen LogP) is 4.36. The molecule has 0 radical (unpaired) electrons. The van der Waals surface area contributed by atoms with Crippen LogP contribution in [-0.4, -0.2) is 31.6 Å². The highest BCUT2D eigenvalue weighted by atomic mass is 32.2. The van der Waals surface area contributed by atoms with Gasteiger partial charge in [-0.25, -0.2) is 17.8 Å². The fourth-order valence-electron chi connectivity index (χ4n) is 4.72. The number of ether oxygens (including phenoxy) is 1. The first-order valence-electron chi connectivity index (χ1n) is 11.6. The van der Waals surface area contributed by atoms with Gasteiger partial charge in [0.2, 0.25) is 0 Å². The fourth-order valence-corrected chi connectivity index (χ4v) is 7.35. The van der Waals surface area contributed by atoms with E-state index in [9.17, 15) is 18.0 Å².